The first-order valence-corrected chi connectivity index (χ1v) is 7.16. The molecule has 1 amide bonds. The van der Waals surface area contributed by atoms with E-state index < -0.39 is 0 Å². The fraction of sp³-hybridized carbons (Fsp3) is 0.688. The second-order valence-electron chi connectivity index (χ2n) is 6.13. The Hall–Kier alpha value is -1.09. The van der Waals surface area contributed by atoms with Crippen molar-refractivity contribution in [2.45, 2.75) is 40.0 Å². The molecule has 0 bridgehead atoms. The normalized spacial score (nSPS) is 19.0. The summed E-state index contributed by atoms with van der Waals surface area (Å²) >= 11 is 0. The molecular formula is C16H28N2O. The number of carbonyl (C=O) groups excluding carboxylic acids is 1. The van der Waals surface area contributed by atoms with Crippen LogP contribution in [0.4, 0.5) is 0 Å². The largest absolute Gasteiger partial charge is 0.341 e. The van der Waals surface area contributed by atoms with Gasteiger partial charge in [-0.15, -0.1) is 0 Å². The Bertz CT molecular complexity index is 380. The van der Waals surface area contributed by atoms with Crippen molar-refractivity contribution in [3.8, 4) is 0 Å². The first-order valence-electron chi connectivity index (χ1n) is 7.16. The van der Waals surface area contributed by atoms with Crippen LogP contribution in [0.1, 0.15) is 40.0 Å². The molecule has 1 rings (SSSR count). The van der Waals surface area contributed by atoms with Crippen LogP contribution in [0.5, 0.6) is 0 Å². The number of hydrogen-bond acceptors (Lipinski definition) is 2. The summed E-state index contributed by atoms with van der Waals surface area (Å²) < 4.78 is 0. The van der Waals surface area contributed by atoms with Crippen molar-refractivity contribution in [2.24, 2.45) is 5.41 Å². The van der Waals surface area contributed by atoms with Crippen LogP contribution >= 0.6 is 0 Å². The molecular weight excluding hydrogens is 236 g/mol. The van der Waals surface area contributed by atoms with E-state index in [0.717, 1.165) is 19.5 Å². The molecule has 0 fully saturated rings. The Kier molecular flexibility index (Phi) is 5.80. The monoisotopic (exact) mass is 264 g/mol. The first-order chi connectivity index (χ1) is 8.88. The zero-order chi connectivity index (χ0) is 14.5. The van der Waals surface area contributed by atoms with Gasteiger partial charge in [0.05, 0.1) is 0 Å². The smallest absolute Gasteiger partial charge is 0.246 e. The quantitative estimate of drug-likeness (QED) is 0.774. The molecule has 0 heterocycles. The van der Waals surface area contributed by atoms with Crippen LogP contribution in [0.2, 0.25) is 0 Å². The van der Waals surface area contributed by atoms with Crippen LogP contribution in [-0.2, 0) is 4.79 Å². The molecule has 0 atom stereocenters. The van der Waals surface area contributed by atoms with Crippen molar-refractivity contribution in [3.05, 3.63) is 23.3 Å². The second-order valence-corrected chi connectivity index (χ2v) is 6.13. The van der Waals surface area contributed by atoms with Crippen molar-refractivity contribution in [1.29, 1.82) is 0 Å². The van der Waals surface area contributed by atoms with Gasteiger partial charge in [0.15, 0.2) is 0 Å². The van der Waals surface area contributed by atoms with E-state index >= 15 is 0 Å². The Balaban J connectivity index is 2.72. The molecule has 19 heavy (non-hydrogen) atoms. The van der Waals surface area contributed by atoms with Crippen LogP contribution < -0.4 is 5.32 Å². The van der Waals surface area contributed by atoms with Gasteiger partial charge >= 0.3 is 0 Å². The minimum Gasteiger partial charge on any atom is -0.341 e. The molecule has 1 aliphatic carbocycles. The van der Waals surface area contributed by atoms with Crippen LogP contribution in [0.25, 0.3) is 0 Å². The summed E-state index contributed by atoms with van der Waals surface area (Å²) in [6.07, 6.45) is 7.38. The standard InChI is InChI=1S/C16H28N2O/c1-13-7-6-10-16(2,3)14(13)8-9-15(19)18(5)12-11-17-4/h8-9,17H,6-7,10-12H2,1-5H3/b9-8+. The Morgan fingerprint density at radius 2 is 2.16 bits per heavy atom. The van der Waals surface area contributed by atoms with Gasteiger partial charge in [0, 0.05) is 26.2 Å². The maximum absolute atomic E-state index is 12.0. The minimum atomic E-state index is 0.0805. The van der Waals surface area contributed by atoms with Gasteiger partial charge in [0.1, 0.15) is 0 Å². The topological polar surface area (TPSA) is 32.3 Å². The molecule has 0 saturated carbocycles. The number of allylic oxidation sites excluding steroid dienone is 3. The number of likely N-dealkylation sites (N-methyl/N-ethyl adjacent to an activating group) is 2. The predicted molar refractivity (Wildman–Crippen MR) is 81.0 cm³/mol. The summed E-state index contributed by atoms with van der Waals surface area (Å²) in [6, 6.07) is 0. The lowest BCUT2D eigenvalue weighted by Gasteiger charge is -2.33. The fourth-order valence-electron chi connectivity index (χ4n) is 2.68. The SMILES string of the molecule is CNCCN(C)C(=O)/C=C/C1=C(C)CCCC1(C)C. The van der Waals surface area contributed by atoms with E-state index in [1.807, 2.05) is 20.2 Å². The molecule has 0 unspecified atom stereocenters. The average molecular weight is 264 g/mol. The van der Waals surface area contributed by atoms with E-state index in [2.05, 4.69) is 26.1 Å². The highest BCUT2D eigenvalue weighted by Gasteiger charge is 2.26. The van der Waals surface area contributed by atoms with E-state index in [1.54, 1.807) is 11.0 Å². The van der Waals surface area contributed by atoms with Gasteiger partial charge in [-0.25, -0.2) is 0 Å². The molecule has 1 aliphatic rings. The van der Waals surface area contributed by atoms with Gasteiger partial charge in [0.25, 0.3) is 0 Å². The van der Waals surface area contributed by atoms with E-state index in [0.29, 0.717) is 0 Å². The zero-order valence-corrected chi connectivity index (χ0v) is 13.0. The third kappa shape index (κ3) is 4.50. The van der Waals surface area contributed by atoms with Crippen molar-refractivity contribution in [3.63, 3.8) is 0 Å². The molecule has 0 radical (unpaired) electrons. The average Bonchev–Trinajstić information content (AvgIpc) is 2.34. The summed E-state index contributed by atoms with van der Waals surface area (Å²) in [5, 5.41) is 3.05. The summed E-state index contributed by atoms with van der Waals surface area (Å²) in [7, 11) is 3.74. The van der Waals surface area contributed by atoms with E-state index in [9.17, 15) is 4.79 Å². The van der Waals surface area contributed by atoms with E-state index in [1.165, 1.54) is 24.0 Å². The third-order valence-corrected chi connectivity index (χ3v) is 4.01. The van der Waals surface area contributed by atoms with Gasteiger partial charge in [0.2, 0.25) is 5.91 Å². The fourth-order valence-corrected chi connectivity index (χ4v) is 2.68. The third-order valence-electron chi connectivity index (χ3n) is 4.01. The van der Waals surface area contributed by atoms with Crippen LogP contribution in [0.3, 0.4) is 0 Å². The lowest BCUT2D eigenvalue weighted by Crippen LogP contribution is -2.31. The maximum Gasteiger partial charge on any atom is 0.246 e. The zero-order valence-electron chi connectivity index (χ0n) is 13.0. The van der Waals surface area contributed by atoms with Crippen LogP contribution in [0.15, 0.2) is 23.3 Å². The lowest BCUT2D eigenvalue weighted by atomic mass is 9.72. The van der Waals surface area contributed by atoms with Crippen molar-refractivity contribution >= 4 is 5.91 Å². The van der Waals surface area contributed by atoms with Crippen LogP contribution in [-0.4, -0.2) is 38.0 Å². The Labute approximate surface area is 117 Å². The Morgan fingerprint density at radius 1 is 1.47 bits per heavy atom. The number of carbonyl (C=O) groups is 1. The Morgan fingerprint density at radius 3 is 2.74 bits per heavy atom. The highest BCUT2D eigenvalue weighted by molar-refractivity contribution is 5.87. The van der Waals surface area contributed by atoms with Crippen molar-refractivity contribution in [1.82, 2.24) is 10.2 Å². The summed E-state index contributed by atoms with van der Waals surface area (Å²) in [4.78, 5) is 13.7. The molecule has 0 aliphatic heterocycles. The molecule has 1 N–H and O–H groups in total. The first kappa shape index (κ1) is 16.0. The molecule has 0 saturated heterocycles. The molecule has 3 nitrogen and oxygen atoms in total. The number of rotatable bonds is 5. The van der Waals surface area contributed by atoms with Gasteiger partial charge in [-0.05, 0) is 44.2 Å². The highest BCUT2D eigenvalue weighted by Crippen LogP contribution is 2.40. The summed E-state index contributed by atoms with van der Waals surface area (Å²) in [6.45, 7) is 8.29. The number of amides is 1. The van der Waals surface area contributed by atoms with Crippen molar-refractivity contribution < 1.29 is 4.79 Å². The highest BCUT2D eigenvalue weighted by atomic mass is 16.2. The molecule has 0 spiro atoms. The molecule has 108 valence electrons. The summed E-state index contributed by atoms with van der Waals surface area (Å²) in [5.74, 6) is 0.0805. The van der Waals surface area contributed by atoms with E-state index in [-0.39, 0.29) is 11.3 Å². The van der Waals surface area contributed by atoms with Gasteiger partial charge in [-0.2, -0.15) is 0 Å². The number of nitrogens with one attached hydrogen (secondary N) is 1. The molecule has 0 aromatic heterocycles. The van der Waals surface area contributed by atoms with Gasteiger partial charge in [-0.1, -0.05) is 25.5 Å². The molecule has 0 aromatic carbocycles. The summed E-state index contributed by atoms with van der Waals surface area (Å²) in [5.41, 5.74) is 2.97. The lowest BCUT2D eigenvalue weighted by molar-refractivity contribution is -0.124. The van der Waals surface area contributed by atoms with Crippen molar-refractivity contribution in [2.75, 3.05) is 27.2 Å². The van der Waals surface area contributed by atoms with Gasteiger partial charge in [-0.3, -0.25) is 4.79 Å². The van der Waals surface area contributed by atoms with Crippen LogP contribution in [0, 0.1) is 5.41 Å². The maximum atomic E-state index is 12.0. The molecule has 0 aromatic rings. The minimum absolute atomic E-state index is 0.0805. The molecule has 3 heteroatoms. The van der Waals surface area contributed by atoms with Gasteiger partial charge < -0.3 is 10.2 Å². The van der Waals surface area contributed by atoms with E-state index in [4.69, 9.17) is 0 Å². The number of hydrogen-bond donors (Lipinski definition) is 1. The predicted octanol–water partition coefficient (Wildman–Crippen LogP) is 2.75. The second kappa shape index (κ2) is 6.90. The number of nitrogens with zero attached hydrogens (tertiary/aromatic N) is 1.